The molecule has 0 saturated carbocycles. The maximum atomic E-state index is 12.3. The Hall–Kier alpha value is -1.43. The van der Waals surface area contributed by atoms with Crippen LogP contribution in [0.2, 0.25) is 0 Å². The van der Waals surface area contributed by atoms with Crippen molar-refractivity contribution in [2.24, 2.45) is 0 Å². The Morgan fingerprint density at radius 3 is 2.50 bits per heavy atom. The van der Waals surface area contributed by atoms with Crippen LogP contribution in [0.1, 0.15) is 10.4 Å². The van der Waals surface area contributed by atoms with E-state index in [1.54, 1.807) is 0 Å². The summed E-state index contributed by atoms with van der Waals surface area (Å²) in [7, 11) is 0. The van der Waals surface area contributed by atoms with Crippen LogP contribution in [-0.4, -0.2) is 47.3 Å². The number of thiophene rings is 1. The molecule has 5 heteroatoms. The molecule has 4 nitrogen and oxygen atoms in total. The average molecular weight is 265 g/mol. The Morgan fingerprint density at radius 2 is 1.83 bits per heavy atom. The molecule has 1 amide bonds. The molecule has 2 N–H and O–H groups in total. The van der Waals surface area contributed by atoms with E-state index in [2.05, 4.69) is 0 Å². The maximum Gasteiger partial charge on any atom is 0.255 e. The first-order valence-corrected chi connectivity index (χ1v) is 6.63. The SMILES string of the molecule is O=C(c1csc2ccccc12)N(CCO)CCO. The van der Waals surface area contributed by atoms with Gasteiger partial charge in [0.05, 0.1) is 18.8 Å². The number of hydrogen-bond donors (Lipinski definition) is 2. The molecular weight excluding hydrogens is 250 g/mol. The minimum atomic E-state index is -0.143. The highest BCUT2D eigenvalue weighted by atomic mass is 32.1. The van der Waals surface area contributed by atoms with Gasteiger partial charge in [0, 0.05) is 28.6 Å². The van der Waals surface area contributed by atoms with Gasteiger partial charge in [0.2, 0.25) is 0 Å². The predicted molar refractivity (Wildman–Crippen MR) is 71.9 cm³/mol. The first kappa shape index (κ1) is 13.0. The van der Waals surface area contributed by atoms with E-state index in [0.29, 0.717) is 5.56 Å². The van der Waals surface area contributed by atoms with Crippen LogP contribution in [0.25, 0.3) is 10.1 Å². The lowest BCUT2D eigenvalue weighted by atomic mass is 10.1. The fourth-order valence-corrected chi connectivity index (χ4v) is 2.80. The molecule has 0 saturated heterocycles. The summed E-state index contributed by atoms with van der Waals surface area (Å²) in [5.74, 6) is -0.143. The van der Waals surface area contributed by atoms with Crippen LogP contribution >= 0.6 is 11.3 Å². The van der Waals surface area contributed by atoms with Crippen LogP contribution in [0.5, 0.6) is 0 Å². The standard InChI is InChI=1S/C13H15NO3S/c15-7-5-14(6-8-16)13(17)11-9-18-12-4-2-1-3-10(11)12/h1-4,9,15-16H,5-8H2. The van der Waals surface area contributed by atoms with Gasteiger partial charge in [0.1, 0.15) is 0 Å². The van der Waals surface area contributed by atoms with Gasteiger partial charge in [-0.25, -0.2) is 0 Å². The molecule has 0 atom stereocenters. The molecule has 1 aromatic carbocycles. The van der Waals surface area contributed by atoms with E-state index >= 15 is 0 Å². The molecule has 0 fully saturated rings. The third-order valence-electron chi connectivity index (χ3n) is 2.74. The van der Waals surface area contributed by atoms with E-state index in [0.717, 1.165) is 10.1 Å². The summed E-state index contributed by atoms with van der Waals surface area (Å²) in [6.45, 7) is 0.273. The summed E-state index contributed by atoms with van der Waals surface area (Å²) in [4.78, 5) is 13.8. The number of aliphatic hydroxyl groups excluding tert-OH is 2. The second kappa shape index (κ2) is 5.95. The molecule has 1 aromatic heterocycles. The van der Waals surface area contributed by atoms with Crippen molar-refractivity contribution < 1.29 is 15.0 Å². The molecule has 0 unspecified atom stereocenters. The molecule has 0 radical (unpaired) electrons. The first-order valence-electron chi connectivity index (χ1n) is 5.75. The zero-order chi connectivity index (χ0) is 13.0. The normalized spacial score (nSPS) is 10.8. The van der Waals surface area contributed by atoms with Crippen molar-refractivity contribution in [1.82, 2.24) is 4.90 Å². The molecule has 96 valence electrons. The third-order valence-corrected chi connectivity index (χ3v) is 3.70. The number of carbonyl (C=O) groups excluding carboxylic acids is 1. The molecule has 18 heavy (non-hydrogen) atoms. The second-order valence-corrected chi connectivity index (χ2v) is 4.80. The zero-order valence-corrected chi connectivity index (χ0v) is 10.7. The smallest absolute Gasteiger partial charge is 0.255 e. The molecule has 0 aliphatic rings. The zero-order valence-electron chi connectivity index (χ0n) is 9.87. The van der Waals surface area contributed by atoms with Crippen molar-refractivity contribution in [3.63, 3.8) is 0 Å². The Morgan fingerprint density at radius 1 is 1.17 bits per heavy atom. The summed E-state index contributed by atoms with van der Waals surface area (Å²) < 4.78 is 1.06. The monoisotopic (exact) mass is 265 g/mol. The van der Waals surface area contributed by atoms with Gasteiger partial charge in [-0.15, -0.1) is 11.3 Å². The van der Waals surface area contributed by atoms with Gasteiger partial charge in [-0.1, -0.05) is 18.2 Å². The lowest BCUT2D eigenvalue weighted by Gasteiger charge is -2.20. The van der Waals surface area contributed by atoms with E-state index in [4.69, 9.17) is 10.2 Å². The Kier molecular flexibility index (Phi) is 4.30. The quantitative estimate of drug-likeness (QED) is 0.857. The Labute approximate surface area is 109 Å². The largest absolute Gasteiger partial charge is 0.395 e. The molecule has 0 aliphatic heterocycles. The van der Waals surface area contributed by atoms with Crippen LogP contribution in [0.15, 0.2) is 29.6 Å². The maximum absolute atomic E-state index is 12.3. The summed E-state index contributed by atoms with van der Waals surface area (Å²) in [6.07, 6.45) is 0. The van der Waals surface area contributed by atoms with Crippen LogP contribution in [0.4, 0.5) is 0 Å². The fourth-order valence-electron chi connectivity index (χ4n) is 1.87. The van der Waals surface area contributed by atoms with Gasteiger partial charge >= 0.3 is 0 Å². The van der Waals surface area contributed by atoms with Crippen LogP contribution in [0.3, 0.4) is 0 Å². The first-order chi connectivity index (χ1) is 8.77. The Bertz CT molecular complexity index is 532. The van der Waals surface area contributed by atoms with Gasteiger partial charge in [-0.2, -0.15) is 0 Å². The van der Waals surface area contributed by atoms with Crippen molar-refractivity contribution in [3.05, 3.63) is 35.2 Å². The molecule has 0 bridgehead atoms. The van der Waals surface area contributed by atoms with Gasteiger partial charge in [0.15, 0.2) is 0 Å². The van der Waals surface area contributed by atoms with E-state index < -0.39 is 0 Å². The summed E-state index contributed by atoms with van der Waals surface area (Å²) in [5, 5.41) is 20.7. The highest BCUT2D eigenvalue weighted by Crippen LogP contribution is 2.26. The molecular formula is C13H15NO3S. The third kappa shape index (κ3) is 2.53. The summed E-state index contributed by atoms with van der Waals surface area (Å²) in [6, 6.07) is 7.72. The van der Waals surface area contributed by atoms with E-state index in [1.807, 2.05) is 29.6 Å². The lowest BCUT2D eigenvalue weighted by molar-refractivity contribution is 0.0687. The minimum absolute atomic E-state index is 0.103. The summed E-state index contributed by atoms with van der Waals surface area (Å²) in [5.41, 5.74) is 0.637. The number of hydrogen-bond acceptors (Lipinski definition) is 4. The fraction of sp³-hybridized carbons (Fsp3) is 0.308. The predicted octanol–water partition coefficient (Wildman–Crippen LogP) is 1.33. The van der Waals surface area contributed by atoms with Gasteiger partial charge in [-0.3, -0.25) is 4.79 Å². The van der Waals surface area contributed by atoms with E-state index in [-0.39, 0.29) is 32.2 Å². The van der Waals surface area contributed by atoms with Crippen molar-refractivity contribution in [3.8, 4) is 0 Å². The van der Waals surface area contributed by atoms with Crippen LogP contribution in [-0.2, 0) is 0 Å². The number of carbonyl (C=O) groups is 1. The second-order valence-electron chi connectivity index (χ2n) is 3.88. The molecule has 2 rings (SSSR count). The van der Waals surface area contributed by atoms with E-state index in [1.165, 1.54) is 16.2 Å². The number of amides is 1. The molecule has 1 heterocycles. The summed E-state index contributed by atoms with van der Waals surface area (Å²) >= 11 is 1.52. The highest BCUT2D eigenvalue weighted by molar-refractivity contribution is 7.17. The number of aliphatic hydroxyl groups is 2. The number of nitrogens with zero attached hydrogens (tertiary/aromatic N) is 1. The number of rotatable bonds is 5. The molecule has 0 spiro atoms. The van der Waals surface area contributed by atoms with Gasteiger partial charge in [0.25, 0.3) is 5.91 Å². The molecule has 0 aliphatic carbocycles. The number of fused-ring (bicyclic) bond motifs is 1. The average Bonchev–Trinajstić information content (AvgIpc) is 2.81. The minimum Gasteiger partial charge on any atom is -0.395 e. The van der Waals surface area contributed by atoms with Crippen molar-refractivity contribution >= 4 is 27.3 Å². The topological polar surface area (TPSA) is 60.8 Å². The number of benzene rings is 1. The van der Waals surface area contributed by atoms with Crippen molar-refractivity contribution in [2.45, 2.75) is 0 Å². The lowest BCUT2D eigenvalue weighted by Crippen LogP contribution is -2.35. The van der Waals surface area contributed by atoms with Crippen molar-refractivity contribution in [2.75, 3.05) is 26.3 Å². The molecule has 2 aromatic rings. The van der Waals surface area contributed by atoms with E-state index in [9.17, 15) is 4.79 Å². The van der Waals surface area contributed by atoms with Crippen LogP contribution in [0, 0.1) is 0 Å². The van der Waals surface area contributed by atoms with Gasteiger partial charge in [-0.05, 0) is 6.07 Å². The Balaban J connectivity index is 2.31. The van der Waals surface area contributed by atoms with Crippen LogP contribution < -0.4 is 0 Å². The van der Waals surface area contributed by atoms with Crippen molar-refractivity contribution in [1.29, 1.82) is 0 Å². The highest BCUT2D eigenvalue weighted by Gasteiger charge is 2.18. The van der Waals surface area contributed by atoms with Gasteiger partial charge < -0.3 is 15.1 Å².